The predicted octanol–water partition coefficient (Wildman–Crippen LogP) is 4.10. The van der Waals surface area contributed by atoms with E-state index in [9.17, 15) is 4.79 Å². The smallest absolute Gasteiger partial charge is 0.343 e. The van der Waals surface area contributed by atoms with E-state index in [-0.39, 0.29) is 5.97 Å². The van der Waals surface area contributed by atoms with Crippen LogP contribution in [-0.4, -0.2) is 5.97 Å². The Kier molecular flexibility index (Phi) is 3.03. The van der Waals surface area contributed by atoms with Crippen molar-refractivity contribution in [1.29, 1.82) is 0 Å². The Morgan fingerprint density at radius 1 is 1.00 bits per heavy atom. The van der Waals surface area contributed by atoms with Gasteiger partial charge in [-0.25, -0.2) is 4.79 Å². The molecular formula is C17H14O3. The molecule has 0 spiro atoms. The van der Waals surface area contributed by atoms with Crippen molar-refractivity contribution in [2.45, 2.75) is 13.8 Å². The normalized spacial score (nSPS) is 16.4. The number of furan rings is 1. The Balaban J connectivity index is 1.89. The Morgan fingerprint density at radius 2 is 1.75 bits per heavy atom. The van der Waals surface area contributed by atoms with Gasteiger partial charge in [-0.05, 0) is 38.1 Å². The largest absolute Gasteiger partial charge is 0.457 e. The molecule has 1 aromatic carbocycles. The van der Waals surface area contributed by atoms with Gasteiger partial charge in [-0.15, -0.1) is 0 Å². The first-order valence-corrected chi connectivity index (χ1v) is 6.41. The van der Waals surface area contributed by atoms with Gasteiger partial charge in [0.2, 0.25) is 0 Å². The molecule has 1 aromatic heterocycles. The van der Waals surface area contributed by atoms with Crippen molar-refractivity contribution in [3.63, 3.8) is 0 Å². The van der Waals surface area contributed by atoms with E-state index in [0.717, 1.165) is 11.3 Å². The van der Waals surface area contributed by atoms with E-state index < -0.39 is 0 Å². The maximum absolute atomic E-state index is 11.5. The van der Waals surface area contributed by atoms with Gasteiger partial charge in [-0.1, -0.05) is 29.8 Å². The number of esters is 1. The standard InChI is InChI=1S/C17H14O3/c1-11-3-5-13(6-4-11)16-8-7-15(20-16)10-14-9-12(2)19-17(14)18/h3-10H,1-2H3. The first-order chi connectivity index (χ1) is 9.61. The fourth-order valence-electron chi connectivity index (χ4n) is 2.07. The highest BCUT2D eigenvalue weighted by molar-refractivity contribution is 5.99. The van der Waals surface area contributed by atoms with Crippen LogP contribution in [-0.2, 0) is 9.53 Å². The van der Waals surface area contributed by atoms with Crippen molar-refractivity contribution in [2.24, 2.45) is 0 Å². The fourth-order valence-corrected chi connectivity index (χ4v) is 2.07. The Labute approximate surface area is 117 Å². The molecule has 0 atom stereocenters. The van der Waals surface area contributed by atoms with E-state index in [1.54, 1.807) is 19.1 Å². The van der Waals surface area contributed by atoms with Crippen LogP contribution in [0.5, 0.6) is 0 Å². The van der Waals surface area contributed by atoms with E-state index in [0.29, 0.717) is 17.1 Å². The zero-order valence-corrected chi connectivity index (χ0v) is 11.3. The van der Waals surface area contributed by atoms with Gasteiger partial charge in [-0.2, -0.15) is 0 Å². The van der Waals surface area contributed by atoms with Crippen molar-refractivity contribution >= 4 is 12.0 Å². The molecule has 20 heavy (non-hydrogen) atoms. The van der Waals surface area contributed by atoms with E-state index >= 15 is 0 Å². The number of benzene rings is 1. The van der Waals surface area contributed by atoms with Crippen LogP contribution >= 0.6 is 0 Å². The molecule has 0 radical (unpaired) electrons. The summed E-state index contributed by atoms with van der Waals surface area (Å²) in [5.74, 6) is 1.68. The molecule has 0 fully saturated rings. The first-order valence-electron chi connectivity index (χ1n) is 6.41. The third-order valence-corrected chi connectivity index (χ3v) is 3.11. The van der Waals surface area contributed by atoms with Crippen LogP contribution in [0.3, 0.4) is 0 Å². The summed E-state index contributed by atoms with van der Waals surface area (Å²) in [6, 6.07) is 11.8. The molecule has 0 unspecified atom stereocenters. The first kappa shape index (κ1) is 12.5. The molecule has 3 heteroatoms. The summed E-state index contributed by atoms with van der Waals surface area (Å²) in [5, 5.41) is 0. The van der Waals surface area contributed by atoms with Gasteiger partial charge in [0, 0.05) is 5.56 Å². The summed E-state index contributed by atoms with van der Waals surface area (Å²) < 4.78 is 10.7. The summed E-state index contributed by atoms with van der Waals surface area (Å²) in [6.07, 6.45) is 3.40. The topological polar surface area (TPSA) is 39.4 Å². The highest BCUT2D eigenvalue weighted by Crippen LogP contribution is 2.25. The molecule has 0 N–H and O–H groups in total. The number of carbonyl (C=O) groups is 1. The van der Waals surface area contributed by atoms with Gasteiger partial charge < -0.3 is 9.15 Å². The summed E-state index contributed by atoms with van der Waals surface area (Å²) in [5.41, 5.74) is 2.73. The highest BCUT2D eigenvalue weighted by atomic mass is 16.5. The molecule has 0 saturated carbocycles. The molecule has 100 valence electrons. The van der Waals surface area contributed by atoms with Crippen LogP contribution in [0.2, 0.25) is 0 Å². The second-order valence-corrected chi connectivity index (χ2v) is 4.81. The summed E-state index contributed by atoms with van der Waals surface area (Å²) >= 11 is 0. The zero-order chi connectivity index (χ0) is 14.1. The van der Waals surface area contributed by atoms with Crippen LogP contribution in [0, 0.1) is 6.92 Å². The zero-order valence-electron chi connectivity index (χ0n) is 11.3. The Bertz CT molecular complexity index is 715. The Morgan fingerprint density at radius 3 is 2.40 bits per heavy atom. The summed E-state index contributed by atoms with van der Waals surface area (Å²) in [4.78, 5) is 11.5. The second kappa shape index (κ2) is 4.85. The van der Waals surface area contributed by atoms with E-state index in [4.69, 9.17) is 9.15 Å². The number of ether oxygens (including phenoxy) is 1. The van der Waals surface area contributed by atoms with Crippen molar-refractivity contribution in [3.05, 3.63) is 65.1 Å². The van der Waals surface area contributed by atoms with Crippen LogP contribution in [0.1, 0.15) is 18.2 Å². The molecule has 0 amide bonds. The lowest BCUT2D eigenvalue weighted by molar-refractivity contribution is -0.133. The molecule has 3 rings (SSSR count). The Hall–Kier alpha value is -2.55. The van der Waals surface area contributed by atoms with Gasteiger partial charge in [0.05, 0.1) is 5.57 Å². The van der Waals surface area contributed by atoms with Crippen LogP contribution in [0.25, 0.3) is 17.4 Å². The number of hydrogen-bond acceptors (Lipinski definition) is 3. The predicted molar refractivity (Wildman–Crippen MR) is 76.7 cm³/mol. The van der Waals surface area contributed by atoms with Gasteiger partial charge >= 0.3 is 5.97 Å². The molecule has 2 heterocycles. The van der Waals surface area contributed by atoms with Crippen molar-refractivity contribution in [3.8, 4) is 11.3 Å². The fraction of sp³-hybridized carbons (Fsp3) is 0.118. The maximum atomic E-state index is 11.5. The maximum Gasteiger partial charge on any atom is 0.343 e. The van der Waals surface area contributed by atoms with Crippen LogP contribution < -0.4 is 0 Å². The lowest BCUT2D eigenvalue weighted by atomic mass is 10.1. The van der Waals surface area contributed by atoms with Crippen molar-refractivity contribution < 1.29 is 13.9 Å². The van der Waals surface area contributed by atoms with Gasteiger partial charge in [-0.3, -0.25) is 0 Å². The summed E-state index contributed by atoms with van der Waals surface area (Å²) in [6.45, 7) is 3.79. The molecule has 0 bridgehead atoms. The number of allylic oxidation sites excluding steroid dienone is 1. The van der Waals surface area contributed by atoms with Gasteiger partial charge in [0.1, 0.15) is 17.3 Å². The monoisotopic (exact) mass is 266 g/mol. The van der Waals surface area contributed by atoms with E-state index in [1.807, 2.05) is 43.3 Å². The molecule has 2 aromatic rings. The summed E-state index contributed by atoms with van der Waals surface area (Å²) in [7, 11) is 0. The average Bonchev–Trinajstić information content (AvgIpc) is 2.98. The minimum atomic E-state index is -0.337. The van der Waals surface area contributed by atoms with E-state index in [2.05, 4.69) is 0 Å². The van der Waals surface area contributed by atoms with Crippen molar-refractivity contribution in [1.82, 2.24) is 0 Å². The SMILES string of the molecule is CC1=CC(=Cc2ccc(-c3ccc(C)cc3)o2)C(=O)O1. The quantitative estimate of drug-likeness (QED) is 0.607. The number of cyclic esters (lactones) is 1. The number of hydrogen-bond donors (Lipinski definition) is 0. The van der Waals surface area contributed by atoms with Gasteiger partial charge in [0.15, 0.2) is 0 Å². The third kappa shape index (κ3) is 2.43. The average molecular weight is 266 g/mol. The second-order valence-electron chi connectivity index (χ2n) is 4.81. The minimum absolute atomic E-state index is 0.337. The molecular weight excluding hydrogens is 252 g/mol. The number of rotatable bonds is 2. The third-order valence-electron chi connectivity index (χ3n) is 3.11. The van der Waals surface area contributed by atoms with E-state index in [1.165, 1.54) is 5.56 Å². The van der Waals surface area contributed by atoms with Crippen LogP contribution in [0.4, 0.5) is 0 Å². The van der Waals surface area contributed by atoms with Crippen LogP contribution in [0.15, 0.2) is 58.2 Å². The van der Waals surface area contributed by atoms with Crippen molar-refractivity contribution in [2.75, 3.05) is 0 Å². The molecule has 0 aliphatic carbocycles. The molecule has 3 nitrogen and oxygen atoms in total. The number of carbonyl (C=O) groups excluding carboxylic acids is 1. The lowest BCUT2D eigenvalue weighted by Gasteiger charge is -1.97. The van der Waals surface area contributed by atoms with Gasteiger partial charge in [0.25, 0.3) is 0 Å². The molecule has 1 aliphatic rings. The molecule has 0 saturated heterocycles. The highest BCUT2D eigenvalue weighted by Gasteiger charge is 2.18. The number of aryl methyl sites for hydroxylation is 1. The lowest BCUT2D eigenvalue weighted by Crippen LogP contribution is -1.95. The minimum Gasteiger partial charge on any atom is -0.457 e. The molecule has 1 aliphatic heterocycles.